The minimum Gasteiger partial charge on any atom is -0.506 e. The Bertz CT molecular complexity index is 1050. The predicted molar refractivity (Wildman–Crippen MR) is 114 cm³/mol. The van der Waals surface area contributed by atoms with Gasteiger partial charge in [0.05, 0.1) is 11.5 Å². The third-order valence-corrected chi connectivity index (χ3v) is 5.16. The lowest BCUT2D eigenvalue weighted by atomic mass is 10.2. The molecule has 8 heteroatoms. The number of rotatable bonds is 5. The number of hydrogen-bond acceptors (Lipinski definition) is 6. The second kappa shape index (κ2) is 9.15. The molecule has 0 spiro atoms. The number of benzene rings is 1. The normalized spacial score (nSPS) is 16.7. The number of nitrogens with zero attached hydrogens (tertiary/aromatic N) is 1. The molecule has 0 saturated carbocycles. The van der Waals surface area contributed by atoms with E-state index in [1.165, 1.54) is 0 Å². The fraction of sp³-hybridized carbons (Fsp3) is 0.190. The topological polar surface area (TPSA) is 89.1 Å². The zero-order valence-corrected chi connectivity index (χ0v) is 17.3. The molecule has 2 aromatic rings. The Morgan fingerprint density at radius 3 is 2.76 bits per heavy atom. The summed E-state index contributed by atoms with van der Waals surface area (Å²) in [5, 5.41) is 11.3. The quantitative estimate of drug-likeness (QED) is 0.637. The lowest BCUT2D eigenvalue weighted by Crippen LogP contribution is -2.14. The third-order valence-electron chi connectivity index (χ3n) is 3.91. The highest BCUT2D eigenvalue weighted by molar-refractivity contribution is 8.18. The molecule has 29 heavy (non-hydrogen) atoms. The minimum atomic E-state index is -0.734. The Balaban J connectivity index is 1.96. The number of aliphatic imine (C=N–C) groups is 1. The molecule has 0 saturated heterocycles. The Hall–Kier alpha value is -2.77. The lowest BCUT2D eigenvalue weighted by Gasteiger charge is -2.02. The van der Waals surface area contributed by atoms with Crippen LogP contribution in [0.25, 0.3) is 17.4 Å². The molecule has 1 aromatic carbocycles. The summed E-state index contributed by atoms with van der Waals surface area (Å²) < 4.78 is 10.8. The molecular weight excluding hydrogens is 414 g/mol. The van der Waals surface area contributed by atoms with Crippen LogP contribution in [0.2, 0.25) is 5.02 Å². The first-order valence-electron chi connectivity index (χ1n) is 8.90. The van der Waals surface area contributed by atoms with E-state index in [9.17, 15) is 14.7 Å². The zero-order chi connectivity index (χ0) is 21.0. The number of aliphatic hydroxyl groups excluding tert-OH is 1. The van der Waals surface area contributed by atoms with Crippen molar-refractivity contribution in [2.75, 3.05) is 6.61 Å². The van der Waals surface area contributed by atoms with Gasteiger partial charge in [0.1, 0.15) is 27.9 Å². The van der Waals surface area contributed by atoms with Gasteiger partial charge in [-0.2, -0.15) is 0 Å². The Morgan fingerprint density at radius 2 is 2.07 bits per heavy atom. The Labute approximate surface area is 176 Å². The van der Waals surface area contributed by atoms with Crippen molar-refractivity contribution in [3.05, 3.63) is 63.4 Å². The number of thioether (sulfide) groups is 1. The molecular formula is C21H18ClNO5S. The molecule has 6 nitrogen and oxygen atoms in total. The highest BCUT2D eigenvalue weighted by Crippen LogP contribution is 2.39. The fourth-order valence-electron chi connectivity index (χ4n) is 2.54. The second-order valence-corrected chi connectivity index (χ2v) is 7.40. The number of hydrogen-bond donors (Lipinski definition) is 1. The Morgan fingerprint density at radius 1 is 1.28 bits per heavy atom. The van der Waals surface area contributed by atoms with E-state index in [4.69, 9.17) is 20.8 Å². The van der Waals surface area contributed by atoms with Crippen LogP contribution in [0.15, 0.2) is 62.0 Å². The maximum atomic E-state index is 12.2. The molecule has 0 fully saturated rings. The van der Waals surface area contributed by atoms with Crippen molar-refractivity contribution in [3.8, 4) is 11.3 Å². The van der Waals surface area contributed by atoms with Gasteiger partial charge in [-0.1, -0.05) is 42.4 Å². The number of esters is 1. The molecule has 2 heterocycles. The van der Waals surface area contributed by atoms with E-state index >= 15 is 0 Å². The van der Waals surface area contributed by atoms with Crippen molar-refractivity contribution < 1.29 is 23.8 Å². The molecule has 1 N–H and O–H groups in total. The minimum absolute atomic E-state index is 0.112. The molecule has 1 aliphatic heterocycles. The number of carbonyl (C=O) groups excluding carboxylic acids is 2. The maximum absolute atomic E-state index is 12.2. The SMILES string of the molecule is CCOC(=O)C1=C(O)/C(=C/c2ccc(-c3cccc(Cl)c3)o2)SC1=NC(=O)CC. The van der Waals surface area contributed by atoms with Crippen LogP contribution >= 0.6 is 23.4 Å². The summed E-state index contributed by atoms with van der Waals surface area (Å²) in [7, 11) is 0. The van der Waals surface area contributed by atoms with Gasteiger partial charge in [-0.15, -0.1) is 0 Å². The summed E-state index contributed by atoms with van der Waals surface area (Å²) in [6.07, 6.45) is 1.76. The van der Waals surface area contributed by atoms with Crippen LogP contribution in [0, 0.1) is 0 Å². The van der Waals surface area contributed by atoms with Gasteiger partial charge in [-0.05, 0) is 37.3 Å². The summed E-state index contributed by atoms with van der Waals surface area (Å²) >= 11 is 7.03. The van der Waals surface area contributed by atoms with E-state index in [0.29, 0.717) is 21.4 Å². The highest BCUT2D eigenvalue weighted by Gasteiger charge is 2.33. The Kier molecular flexibility index (Phi) is 6.61. The molecule has 0 aliphatic carbocycles. The molecule has 3 rings (SSSR count). The fourth-order valence-corrected chi connectivity index (χ4v) is 3.74. The van der Waals surface area contributed by atoms with E-state index in [1.807, 2.05) is 12.1 Å². The summed E-state index contributed by atoms with van der Waals surface area (Å²) in [6, 6.07) is 10.7. The average Bonchev–Trinajstić information content (AvgIpc) is 3.27. The molecule has 1 aromatic heterocycles. The van der Waals surface area contributed by atoms with Crippen LogP contribution in [0.4, 0.5) is 0 Å². The summed E-state index contributed by atoms with van der Waals surface area (Å²) in [5.41, 5.74) is 0.690. The number of ether oxygens (including phenoxy) is 1. The van der Waals surface area contributed by atoms with E-state index < -0.39 is 11.9 Å². The number of amides is 1. The second-order valence-electron chi connectivity index (χ2n) is 5.93. The van der Waals surface area contributed by atoms with Crippen LogP contribution in [0.5, 0.6) is 0 Å². The van der Waals surface area contributed by atoms with Crippen LogP contribution in [0.3, 0.4) is 0 Å². The number of aliphatic hydroxyl groups is 1. The summed E-state index contributed by atoms with van der Waals surface area (Å²) in [5.74, 6) is -0.365. The van der Waals surface area contributed by atoms with E-state index in [1.54, 1.807) is 44.2 Å². The first-order chi connectivity index (χ1) is 13.9. The van der Waals surface area contributed by atoms with Gasteiger partial charge in [0, 0.05) is 17.0 Å². The van der Waals surface area contributed by atoms with Crippen molar-refractivity contribution in [1.82, 2.24) is 0 Å². The van der Waals surface area contributed by atoms with Crippen LogP contribution in [-0.4, -0.2) is 28.6 Å². The van der Waals surface area contributed by atoms with Crippen LogP contribution in [0.1, 0.15) is 26.0 Å². The first kappa shape index (κ1) is 21.0. The maximum Gasteiger partial charge on any atom is 0.344 e. The number of halogens is 1. The van der Waals surface area contributed by atoms with Gasteiger partial charge in [-0.3, -0.25) is 4.79 Å². The highest BCUT2D eigenvalue weighted by atomic mass is 35.5. The van der Waals surface area contributed by atoms with Gasteiger partial charge in [0.2, 0.25) is 5.91 Å². The van der Waals surface area contributed by atoms with Crippen molar-refractivity contribution >= 4 is 46.4 Å². The van der Waals surface area contributed by atoms with Gasteiger partial charge >= 0.3 is 5.97 Å². The van der Waals surface area contributed by atoms with E-state index in [0.717, 1.165) is 17.3 Å². The largest absolute Gasteiger partial charge is 0.506 e. The van der Waals surface area contributed by atoms with Gasteiger partial charge in [0.25, 0.3) is 0 Å². The standard InChI is InChI=1S/C21H18ClNO5S/c1-3-17(24)23-20-18(21(26)27-4-2)19(25)16(29-20)11-14-8-9-15(28-14)12-6-5-7-13(22)10-12/h5-11,25H,3-4H2,1-2H3/b16-11-,23-20?. The molecule has 1 amide bonds. The average molecular weight is 432 g/mol. The van der Waals surface area contributed by atoms with Crippen molar-refractivity contribution in [1.29, 1.82) is 0 Å². The monoisotopic (exact) mass is 431 g/mol. The summed E-state index contributed by atoms with van der Waals surface area (Å²) in [4.78, 5) is 28.2. The molecule has 1 aliphatic rings. The molecule has 0 bridgehead atoms. The van der Waals surface area contributed by atoms with E-state index in [-0.39, 0.29) is 29.4 Å². The zero-order valence-electron chi connectivity index (χ0n) is 15.8. The molecule has 0 unspecified atom stereocenters. The van der Waals surface area contributed by atoms with Crippen molar-refractivity contribution in [3.63, 3.8) is 0 Å². The smallest absolute Gasteiger partial charge is 0.344 e. The van der Waals surface area contributed by atoms with Gasteiger partial charge in [-0.25, -0.2) is 9.79 Å². The van der Waals surface area contributed by atoms with Crippen LogP contribution < -0.4 is 0 Å². The molecule has 150 valence electrons. The number of furan rings is 1. The molecule has 0 radical (unpaired) electrons. The van der Waals surface area contributed by atoms with E-state index in [2.05, 4.69) is 4.99 Å². The van der Waals surface area contributed by atoms with Gasteiger partial charge < -0.3 is 14.3 Å². The van der Waals surface area contributed by atoms with Crippen molar-refractivity contribution in [2.24, 2.45) is 4.99 Å². The van der Waals surface area contributed by atoms with Gasteiger partial charge in [0.15, 0.2) is 0 Å². The predicted octanol–water partition coefficient (Wildman–Crippen LogP) is 5.40. The summed E-state index contributed by atoms with van der Waals surface area (Å²) in [6.45, 7) is 3.45. The lowest BCUT2D eigenvalue weighted by molar-refractivity contribution is -0.138. The van der Waals surface area contributed by atoms with Crippen molar-refractivity contribution in [2.45, 2.75) is 20.3 Å². The third kappa shape index (κ3) is 4.81. The number of carbonyl (C=O) groups is 2. The first-order valence-corrected chi connectivity index (χ1v) is 10.1. The molecule has 0 atom stereocenters. The van der Waals surface area contributed by atoms with Crippen LogP contribution in [-0.2, 0) is 14.3 Å².